The van der Waals surface area contributed by atoms with Crippen molar-refractivity contribution in [3.63, 3.8) is 0 Å². The predicted molar refractivity (Wildman–Crippen MR) is 86.8 cm³/mol. The van der Waals surface area contributed by atoms with Crippen LogP contribution in [0.15, 0.2) is 53.4 Å². The monoisotopic (exact) mass is 334 g/mol. The highest BCUT2D eigenvalue weighted by molar-refractivity contribution is 7.89. The van der Waals surface area contributed by atoms with Gasteiger partial charge in [-0.15, -0.1) is 0 Å². The molecule has 0 radical (unpaired) electrons. The Labute approximate surface area is 135 Å². The molecule has 0 bridgehead atoms. The zero-order valence-electron chi connectivity index (χ0n) is 12.7. The average Bonchev–Trinajstić information content (AvgIpc) is 2.54. The Hall–Kier alpha value is -2.38. The summed E-state index contributed by atoms with van der Waals surface area (Å²) in [5.74, 6) is 0.521. The molecular formula is C16H18N2O4S. The molecule has 0 aliphatic rings. The van der Waals surface area contributed by atoms with Crippen LogP contribution in [0.3, 0.4) is 0 Å². The second-order valence-electron chi connectivity index (χ2n) is 4.92. The number of nitrogens with one attached hydrogen (secondary N) is 1. The van der Waals surface area contributed by atoms with E-state index in [9.17, 15) is 13.2 Å². The molecule has 0 saturated carbocycles. The van der Waals surface area contributed by atoms with Gasteiger partial charge in [-0.2, -0.15) is 0 Å². The molecule has 3 N–H and O–H groups in total. The highest BCUT2D eigenvalue weighted by Crippen LogP contribution is 2.12. The molecule has 2 aromatic rings. The molecule has 0 fully saturated rings. The number of primary sulfonamides is 1. The van der Waals surface area contributed by atoms with E-state index >= 15 is 0 Å². The summed E-state index contributed by atoms with van der Waals surface area (Å²) in [6.07, 6.45) is 0.686. The SMILES string of the molecule is COc1ccc(CCNC(=O)c2ccc(S(N)(=O)=O)cc2)cc1. The molecular weight excluding hydrogens is 316 g/mol. The number of ether oxygens (including phenoxy) is 1. The molecule has 0 saturated heterocycles. The normalized spacial score (nSPS) is 11.0. The van der Waals surface area contributed by atoms with Gasteiger partial charge < -0.3 is 10.1 Å². The van der Waals surface area contributed by atoms with Crippen LogP contribution in [0.25, 0.3) is 0 Å². The molecule has 0 aliphatic heterocycles. The van der Waals surface area contributed by atoms with Crippen LogP contribution < -0.4 is 15.2 Å². The topological polar surface area (TPSA) is 98.5 Å². The van der Waals surface area contributed by atoms with Crippen LogP contribution >= 0.6 is 0 Å². The largest absolute Gasteiger partial charge is 0.497 e. The molecule has 2 aromatic carbocycles. The van der Waals surface area contributed by atoms with Crippen LogP contribution in [-0.4, -0.2) is 28.0 Å². The van der Waals surface area contributed by atoms with Crippen molar-refractivity contribution in [2.24, 2.45) is 5.14 Å². The number of methoxy groups -OCH3 is 1. The van der Waals surface area contributed by atoms with Crippen LogP contribution in [0.4, 0.5) is 0 Å². The number of carbonyl (C=O) groups excluding carboxylic acids is 1. The third kappa shape index (κ3) is 4.80. The minimum atomic E-state index is -3.75. The van der Waals surface area contributed by atoms with E-state index in [1.54, 1.807) is 7.11 Å². The minimum absolute atomic E-state index is 0.0210. The Kier molecular flexibility index (Phi) is 5.36. The Morgan fingerprint density at radius 3 is 2.22 bits per heavy atom. The molecule has 0 spiro atoms. The van der Waals surface area contributed by atoms with Crippen molar-refractivity contribution in [2.75, 3.05) is 13.7 Å². The summed E-state index contributed by atoms with van der Waals surface area (Å²) >= 11 is 0. The molecule has 2 rings (SSSR count). The highest BCUT2D eigenvalue weighted by Gasteiger charge is 2.10. The third-order valence-electron chi connectivity index (χ3n) is 3.30. The molecule has 1 amide bonds. The van der Waals surface area contributed by atoms with E-state index in [0.29, 0.717) is 18.5 Å². The van der Waals surface area contributed by atoms with Crippen molar-refractivity contribution in [2.45, 2.75) is 11.3 Å². The molecule has 6 nitrogen and oxygen atoms in total. The number of hydrogen-bond acceptors (Lipinski definition) is 4. The smallest absolute Gasteiger partial charge is 0.251 e. The number of benzene rings is 2. The second-order valence-corrected chi connectivity index (χ2v) is 6.48. The molecule has 0 atom stereocenters. The Morgan fingerprint density at radius 1 is 1.09 bits per heavy atom. The number of nitrogens with two attached hydrogens (primary N) is 1. The van der Waals surface area contributed by atoms with Gasteiger partial charge in [0.2, 0.25) is 10.0 Å². The van der Waals surface area contributed by atoms with E-state index in [4.69, 9.17) is 9.88 Å². The van der Waals surface area contributed by atoms with Crippen LogP contribution in [0.1, 0.15) is 15.9 Å². The van der Waals surface area contributed by atoms with E-state index in [2.05, 4.69) is 5.32 Å². The van der Waals surface area contributed by atoms with Crippen molar-refractivity contribution < 1.29 is 17.9 Å². The zero-order chi connectivity index (χ0) is 16.9. The summed E-state index contributed by atoms with van der Waals surface area (Å²) in [6, 6.07) is 13.1. The summed E-state index contributed by atoms with van der Waals surface area (Å²) in [5.41, 5.74) is 1.46. The fraction of sp³-hybridized carbons (Fsp3) is 0.188. The number of sulfonamides is 1. The third-order valence-corrected chi connectivity index (χ3v) is 4.23. The lowest BCUT2D eigenvalue weighted by molar-refractivity contribution is 0.0954. The second kappa shape index (κ2) is 7.26. The maximum Gasteiger partial charge on any atom is 0.251 e. The quantitative estimate of drug-likeness (QED) is 0.832. The van der Waals surface area contributed by atoms with Crippen molar-refractivity contribution in [3.05, 3.63) is 59.7 Å². The van der Waals surface area contributed by atoms with Crippen molar-refractivity contribution in [3.8, 4) is 5.75 Å². The summed E-state index contributed by atoms with van der Waals surface area (Å²) in [6.45, 7) is 0.474. The van der Waals surface area contributed by atoms with Crippen molar-refractivity contribution >= 4 is 15.9 Å². The van der Waals surface area contributed by atoms with Gasteiger partial charge in [0.1, 0.15) is 5.75 Å². The van der Waals surface area contributed by atoms with Crippen LogP contribution in [0.5, 0.6) is 5.75 Å². The maximum absolute atomic E-state index is 12.0. The van der Waals surface area contributed by atoms with Gasteiger partial charge in [0.05, 0.1) is 12.0 Å². The van der Waals surface area contributed by atoms with E-state index in [-0.39, 0.29) is 10.8 Å². The molecule has 7 heteroatoms. The molecule has 0 unspecified atom stereocenters. The number of carbonyl (C=O) groups is 1. The van der Waals surface area contributed by atoms with Crippen molar-refractivity contribution in [1.82, 2.24) is 5.32 Å². The van der Waals surface area contributed by atoms with Gasteiger partial charge in [-0.3, -0.25) is 4.79 Å². The Morgan fingerprint density at radius 2 is 1.70 bits per heavy atom. The molecule has 122 valence electrons. The van der Waals surface area contributed by atoms with Crippen LogP contribution in [-0.2, 0) is 16.4 Å². The average molecular weight is 334 g/mol. The summed E-state index contributed by atoms with van der Waals surface area (Å²) in [5, 5.41) is 7.79. The summed E-state index contributed by atoms with van der Waals surface area (Å²) in [7, 11) is -2.14. The number of amides is 1. The predicted octanol–water partition coefficient (Wildman–Crippen LogP) is 1.32. The fourth-order valence-corrected chi connectivity index (χ4v) is 2.53. The first-order valence-electron chi connectivity index (χ1n) is 6.94. The van der Waals surface area contributed by atoms with Gasteiger partial charge in [0, 0.05) is 12.1 Å². The summed E-state index contributed by atoms with van der Waals surface area (Å²) in [4.78, 5) is 12.0. The van der Waals surface area contributed by atoms with E-state index in [1.165, 1.54) is 24.3 Å². The molecule has 23 heavy (non-hydrogen) atoms. The molecule has 0 aromatic heterocycles. The standard InChI is InChI=1S/C16H18N2O4S/c1-22-14-6-2-12(3-7-14)10-11-18-16(19)13-4-8-15(9-5-13)23(17,20)21/h2-9H,10-11H2,1H3,(H,18,19)(H2,17,20,21). The van der Waals surface area contributed by atoms with Gasteiger partial charge in [-0.05, 0) is 48.4 Å². The van der Waals surface area contributed by atoms with E-state index < -0.39 is 10.0 Å². The first-order chi connectivity index (χ1) is 10.9. The molecule has 0 aliphatic carbocycles. The first kappa shape index (κ1) is 17.0. The van der Waals surface area contributed by atoms with Gasteiger partial charge in [-0.25, -0.2) is 13.6 Å². The lowest BCUT2D eigenvalue weighted by Crippen LogP contribution is -2.25. The van der Waals surface area contributed by atoms with Crippen LogP contribution in [0.2, 0.25) is 0 Å². The number of rotatable bonds is 6. The lowest BCUT2D eigenvalue weighted by Gasteiger charge is -2.07. The fourth-order valence-electron chi connectivity index (χ4n) is 2.01. The summed E-state index contributed by atoms with van der Waals surface area (Å²) < 4.78 is 27.4. The van der Waals surface area contributed by atoms with Gasteiger partial charge in [0.25, 0.3) is 5.91 Å². The van der Waals surface area contributed by atoms with Gasteiger partial charge >= 0.3 is 0 Å². The number of hydrogen-bond donors (Lipinski definition) is 2. The maximum atomic E-state index is 12.0. The zero-order valence-corrected chi connectivity index (χ0v) is 13.5. The molecule has 0 heterocycles. The lowest BCUT2D eigenvalue weighted by atomic mass is 10.1. The van der Waals surface area contributed by atoms with Gasteiger partial charge in [-0.1, -0.05) is 12.1 Å². The first-order valence-corrected chi connectivity index (χ1v) is 8.49. The Balaban J connectivity index is 1.89. The Bertz CT molecular complexity index is 769. The van der Waals surface area contributed by atoms with E-state index in [0.717, 1.165) is 11.3 Å². The van der Waals surface area contributed by atoms with Gasteiger partial charge in [0.15, 0.2) is 0 Å². The highest BCUT2D eigenvalue weighted by atomic mass is 32.2. The van der Waals surface area contributed by atoms with Crippen LogP contribution in [0, 0.1) is 0 Å². The van der Waals surface area contributed by atoms with Crippen molar-refractivity contribution in [1.29, 1.82) is 0 Å². The minimum Gasteiger partial charge on any atom is -0.497 e. The van der Waals surface area contributed by atoms with E-state index in [1.807, 2.05) is 24.3 Å².